The van der Waals surface area contributed by atoms with Crippen molar-refractivity contribution in [2.24, 2.45) is 11.8 Å². The Hall–Kier alpha value is -1.10. The number of carbonyl (C=O) groups excluding carboxylic acids is 1. The van der Waals surface area contributed by atoms with E-state index in [-0.39, 0.29) is 17.7 Å². The highest BCUT2D eigenvalue weighted by molar-refractivity contribution is 5.85. The van der Waals surface area contributed by atoms with Crippen LogP contribution in [0.4, 0.5) is 0 Å². The van der Waals surface area contributed by atoms with Gasteiger partial charge >= 0.3 is 5.97 Å². The van der Waals surface area contributed by atoms with Crippen molar-refractivity contribution in [3.05, 3.63) is 0 Å². The van der Waals surface area contributed by atoms with Crippen LogP contribution >= 0.6 is 0 Å². The van der Waals surface area contributed by atoms with E-state index in [9.17, 15) is 14.7 Å². The van der Waals surface area contributed by atoms with E-state index in [1.807, 2.05) is 0 Å². The van der Waals surface area contributed by atoms with E-state index in [0.717, 1.165) is 25.7 Å². The molecule has 5 nitrogen and oxygen atoms in total. The zero-order valence-corrected chi connectivity index (χ0v) is 11.3. The maximum atomic E-state index is 12.1. The fourth-order valence-electron chi connectivity index (χ4n) is 3.08. The van der Waals surface area contributed by atoms with Gasteiger partial charge in [-0.2, -0.15) is 0 Å². The first-order chi connectivity index (χ1) is 9.18. The van der Waals surface area contributed by atoms with E-state index in [1.54, 1.807) is 0 Å². The van der Waals surface area contributed by atoms with Crippen molar-refractivity contribution in [2.75, 3.05) is 13.2 Å². The minimum Gasteiger partial charge on any atom is -0.480 e. The van der Waals surface area contributed by atoms with Crippen molar-refractivity contribution in [3.8, 4) is 0 Å². The van der Waals surface area contributed by atoms with Gasteiger partial charge < -0.3 is 15.2 Å². The fourth-order valence-corrected chi connectivity index (χ4v) is 3.08. The second kappa shape index (κ2) is 6.89. The van der Waals surface area contributed by atoms with Crippen LogP contribution in [-0.4, -0.2) is 36.2 Å². The molecule has 2 aliphatic rings. The Kier molecular flexibility index (Phi) is 5.19. The Morgan fingerprint density at radius 1 is 1.05 bits per heavy atom. The highest BCUT2D eigenvalue weighted by Crippen LogP contribution is 2.27. The molecule has 108 valence electrons. The van der Waals surface area contributed by atoms with Crippen molar-refractivity contribution >= 4 is 11.9 Å². The third-order valence-electron chi connectivity index (χ3n) is 4.28. The molecule has 1 saturated heterocycles. The molecule has 2 fully saturated rings. The lowest BCUT2D eigenvalue weighted by Gasteiger charge is -2.30. The second-order valence-electron chi connectivity index (χ2n) is 5.61. The summed E-state index contributed by atoms with van der Waals surface area (Å²) in [6.07, 6.45) is 6.53. The molecule has 0 aromatic heterocycles. The van der Waals surface area contributed by atoms with E-state index in [0.29, 0.717) is 26.1 Å². The predicted octanol–water partition coefficient (Wildman–Crippen LogP) is 1.56. The van der Waals surface area contributed by atoms with E-state index in [4.69, 9.17) is 4.74 Å². The zero-order chi connectivity index (χ0) is 13.7. The van der Waals surface area contributed by atoms with Crippen molar-refractivity contribution < 1.29 is 19.4 Å². The van der Waals surface area contributed by atoms with Crippen LogP contribution in [-0.2, 0) is 14.3 Å². The zero-order valence-electron chi connectivity index (χ0n) is 11.3. The maximum absolute atomic E-state index is 12.1. The molecule has 19 heavy (non-hydrogen) atoms. The summed E-state index contributed by atoms with van der Waals surface area (Å²) in [6, 6.07) is -0.712. The number of hydrogen-bond donors (Lipinski definition) is 2. The fraction of sp³-hybridized carbons (Fsp3) is 0.857. The molecule has 1 saturated carbocycles. The van der Waals surface area contributed by atoms with Gasteiger partial charge in [-0.3, -0.25) is 4.79 Å². The number of aliphatic carboxylic acids is 1. The number of hydrogen-bond acceptors (Lipinski definition) is 3. The molecule has 0 aromatic rings. The minimum atomic E-state index is -0.896. The molecule has 0 spiro atoms. The lowest BCUT2D eigenvalue weighted by molar-refractivity contribution is -0.145. The summed E-state index contributed by atoms with van der Waals surface area (Å²) in [6.45, 7) is 1.19. The summed E-state index contributed by atoms with van der Waals surface area (Å²) in [5, 5.41) is 12.1. The summed E-state index contributed by atoms with van der Waals surface area (Å²) < 4.78 is 5.22. The van der Waals surface area contributed by atoms with Crippen LogP contribution in [0.5, 0.6) is 0 Å². The van der Waals surface area contributed by atoms with Gasteiger partial charge in [-0.1, -0.05) is 19.3 Å². The van der Waals surface area contributed by atoms with Gasteiger partial charge in [-0.15, -0.1) is 0 Å². The van der Waals surface area contributed by atoms with Crippen molar-refractivity contribution in [2.45, 2.75) is 51.0 Å². The summed E-state index contributed by atoms with van der Waals surface area (Å²) in [4.78, 5) is 23.5. The summed E-state index contributed by atoms with van der Waals surface area (Å²) in [5.41, 5.74) is 0. The van der Waals surface area contributed by atoms with Gasteiger partial charge in [0.15, 0.2) is 0 Å². The first kappa shape index (κ1) is 14.3. The minimum absolute atomic E-state index is 0.0841. The number of amides is 1. The molecule has 2 rings (SSSR count). The molecule has 0 bridgehead atoms. The Morgan fingerprint density at radius 3 is 2.26 bits per heavy atom. The number of nitrogens with one attached hydrogen (secondary N) is 1. The molecule has 1 aliphatic carbocycles. The average molecular weight is 269 g/mol. The molecular formula is C14H23NO4. The van der Waals surface area contributed by atoms with Crippen LogP contribution in [0, 0.1) is 11.8 Å². The topological polar surface area (TPSA) is 75.6 Å². The molecule has 5 heteroatoms. The smallest absolute Gasteiger partial charge is 0.326 e. The van der Waals surface area contributed by atoms with Crippen LogP contribution in [0.1, 0.15) is 44.9 Å². The van der Waals surface area contributed by atoms with Gasteiger partial charge in [0.2, 0.25) is 5.91 Å². The lowest BCUT2D eigenvalue weighted by atomic mass is 9.83. The van der Waals surface area contributed by atoms with E-state index in [1.165, 1.54) is 6.42 Å². The predicted molar refractivity (Wildman–Crippen MR) is 69.7 cm³/mol. The molecular weight excluding hydrogens is 246 g/mol. The van der Waals surface area contributed by atoms with E-state index < -0.39 is 12.0 Å². The summed E-state index contributed by atoms with van der Waals surface area (Å²) in [5.74, 6) is -0.997. The van der Waals surface area contributed by atoms with Gasteiger partial charge in [-0.05, 0) is 31.6 Å². The van der Waals surface area contributed by atoms with Crippen molar-refractivity contribution in [1.29, 1.82) is 0 Å². The van der Waals surface area contributed by atoms with Crippen LogP contribution in [0.2, 0.25) is 0 Å². The van der Waals surface area contributed by atoms with Crippen LogP contribution in [0.15, 0.2) is 0 Å². The SMILES string of the molecule is O=C(NC(C(=O)O)C1CCCCC1)C1CCOCC1. The number of carboxylic acid groups (broad SMARTS) is 1. The summed E-state index contributed by atoms with van der Waals surface area (Å²) in [7, 11) is 0. The standard InChI is InChI=1S/C14H23NO4/c16-13(11-6-8-19-9-7-11)15-12(14(17)18)10-4-2-1-3-5-10/h10-12H,1-9H2,(H,15,16)(H,17,18). The number of ether oxygens (including phenoxy) is 1. The Balaban J connectivity index is 1.91. The van der Waals surface area contributed by atoms with Crippen LogP contribution < -0.4 is 5.32 Å². The third kappa shape index (κ3) is 3.93. The first-order valence-electron chi connectivity index (χ1n) is 7.29. The maximum Gasteiger partial charge on any atom is 0.326 e. The molecule has 1 aliphatic heterocycles. The third-order valence-corrected chi connectivity index (χ3v) is 4.28. The normalized spacial score (nSPS) is 23.8. The molecule has 1 atom stereocenters. The Morgan fingerprint density at radius 2 is 1.68 bits per heavy atom. The highest BCUT2D eigenvalue weighted by atomic mass is 16.5. The van der Waals surface area contributed by atoms with Gasteiger partial charge in [0, 0.05) is 19.1 Å². The molecule has 1 unspecified atom stereocenters. The van der Waals surface area contributed by atoms with Gasteiger partial charge in [0.25, 0.3) is 0 Å². The first-order valence-corrected chi connectivity index (χ1v) is 7.29. The largest absolute Gasteiger partial charge is 0.480 e. The quantitative estimate of drug-likeness (QED) is 0.812. The Bertz CT molecular complexity index is 319. The molecule has 2 N–H and O–H groups in total. The molecule has 1 amide bonds. The number of carboxylic acids is 1. The van der Waals surface area contributed by atoms with Gasteiger partial charge in [-0.25, -0.2) is 4.79 Å². The Labute approximate surface area is 113 Å². The molecule has 0 aromatic carbocycles. The monoisotopic (exact) mass is 269 g/mol. The molecule has 1 heterocycles. The van der Waals surface area contributed by atoms with Crippen molar-refractivity contribution in [3.63, 3.8) is 0 Å². The highest BCUT2D eigenvalue weighted by Gasteiger charge is 2.32. The van der Waals surface area contributed by atoms with Crippen LogP contribution in [0.25, 0.3) is 0 Å². The number of carbonyl (C=O) groups is 2. The molecule has 0 radical (unpaired) electrons. The second-order valence-corrected chi connectivity index (χ2v) is 5.61. The van der Waals surface area contributed by atoms with E-state index in [2.05, 4.69) is 5.32 Å². The van der Waals surface area contributed by atoms with Gasteiger partial charge in [0.05, 0.1) is 0 Å². The van der Waals surface area contributed by atoms with Crippen molar-refractivity contribution in [1.82, 2.24) is 5.32 Å². The van der Waals surface area contributed by atoms with E-state index >= 15 is 0 Å². The average Bonchev–Trinajstić information content (AvgIpc) is 2.46. The van der Waals surface area contributed by atoms with Crippen LogP contribution in [0.3, 0.4) is 0 Å². The number of rotatable bonds is 4. The lowest BCUT2D eigenvalue weighted by Crippen LogP contribution is -2.49. The summed E-state index contributed by atoms with van der Waals surface area (Å²) >= 11 is 0. The van der Waals surface area contributed by atoms with Gasteiger partial charge in [0.1, 0.15) is 6.04 Å².